The van der Waals surface area contributed by atoms with Gasteiger partial charge in [-0.1, -0.05) is 27.7 Å². The lowest BCUT2D eigenvalue weighted by Gasteiger charge is -2.19. The predicted octanol–water partition coefficient (Wildman–Crippen LogP) is 3.15. The molecule has 0 aliphatic carbocycles. The van der Waals surface area contributed by atoms with Gasteiger partial charge in [0.15, 0.2) is 0 Å². The molecule has 0 bridgehead atoms. The Labute approximate surface area is 127 Å². The minimum absolute atomic E-state index is 0.105. The number of anilines is 1. The van der Waals surface area contributed by atoms with Gasteiger partial charge in [0, 0.05) is 24.6 Å². The molecule has 1 atom stereocenters. The molecule has 1 aliphatic heterocycles. The van der Waals surface area contributed by atoms with E-state index in [0.29, 0.717) is 12.5 Å². The van der Waals surface area contributed by atoms with Gasteiger partial charge < -0.3 is 14.8 Å². The predicted molar refractivity (Wildman–Crippen MR) is 84.0 cm³/mol. The van der Waals surface area contributed by atoms with Crippen molar-refractivity contribution in [2.24, 2.45) is 0 Å². The van der Waals surface area contributed by atoms with Crippen LogP contribution in [0.3, 0.4) is 0 Å². The van der Waals surface area contributed by atoms with Crippen LogP contribution in [-0.2, 0) is 10.2 Å². The lowest BCUT2D eigenvalue weighted by Crippen LogP contribution is -2.20. The molecular formula is C16H27N3O2. The second kappa shape index (κ2) is 7.07. The van der Waals surface area contributed by atoms with E-state index in [4.69, 9.17) is 9.47 Å². The number of hydrogen-bond donors (Lipinski definition) is 1. The third kappa shape index (κ3) is 4.84. The smallest absolute Gasteiger partial charge is 0.218 e. The highest BCUT2D eigenvalue weighted by molar-refractivity contribution is 5.39. The van der Waals surface area contributed by atoms with Crippen molar-refractivity contribution >= 4 is 5.82 Å². The first-order chi connectivity index (χ1) is 9.99. The zero-order chi connectivity index (χ0) is 15.3. The first kappa shape index (κ1) is 16.0. The van der Waals surface area contributed by atoms with Crippen molar-refractivity contribution < 1.29 is 9.47 Å². The summed E-state index contributed by atoms with van der Waals surface area (Å²) in [4.78, 5) is 9.13. The lowest BCUT2D eigenvalue weighted by atomic mass is 9.96. The number of hydrogen-bond acceptors (Lipinski definition) is 5. The lowest BCUT2D eigenvalue weighted by molar-refractivity contribution is 0.0661. The highest BCUT2D eigenvalue weighted by atomic mass is 16.5. The second-order valence-electron chi connectivity index (χ2n) is 6.54. The average molecular weight is 293 g/mol. The Hall–Kier alpha value is -1.36. The summed E-state index contributed by atoms with van der Waals surface area (Å²) in [7, 11) is 0. The summed E-state index contributed by atoms with van der Waals surface area (Å²) in [5, 5.41) is 3.31. The largest absolute Gasteiger partial charge is 0.475 e. The topological polar surface area (TPSA) is 56.3 Å². The normalized spacial score (nSPS) is 18.8. The highest BCUT2D eigenvalue weighted by Crippen LogP contribution is 2.24. The van der Waals surface area contributed by atoms with Gasteiger partial charge in [-0.2, -0.15) is 4.98 Å². The van der Waals surface area contributed by atoms with E-state index < -0.39 is 0 Å². The highest BCUT2D eigenvalue weighted by Gasteiger charge is 2.21. The van der Waals surface area contributed by atoms with Crippen LogP contribution < -0.4 is 10.1 Å². The van der Waals surface area contributed by atoms with Crippen LogP contribution in [0.25, 0.3) is 0 Å². The summed E-state index contributed by atoms with van der Waals surface area (Å²) >= 11 is 0. The summed E-state index contributed by atoms with van der Waals surface area (Å²) in [5.41, 5.74) is -0.105. The van der Waals surface area contributed by atoms with Crippen molar-refractivity contribution in [3.05, 3.63) is 11.9 Å². The molecule has 0 amide bonds. The number of aromatic nitrogens is 2. The van der Waals surface area contributed by atoms with Crippen molar-refractivity contribution in [3.8, 4) is 5.88 Å². The van der Waals surface area contributed by atoms with Crippen LogP contribution in [0.5, 0.6) is 5.88 Å². The molecule has 0 aromatic carbocycles. The summed E-state index contributed by atoms with van der Waals surface area (Å²) in [5.74, 6) is 2.26. The van der Waals surface area contributed by atoms with Crippen molar-refractivity contribution in [3.63, 3.8) is 0 Å². The fraction of sp³-hybridized carbons (Fsp3) is 0.750. The van der Waals surface area contributed by atoms with Gasteiger partial charge in [0.1, 0.15) is 18.2 Å². The summed E-state index contributed by atoms with van der Waals surface area (Å²) < 4.78 is 11.4. The molecule has 1 aliphatic rings. The van der Waals surface area contributed by atoms with Crippen LogP contribution in [0.4, 0.5) is 5.82 Å². The van der Waals surface area contributed by atoms with Crippen LogP contribution in [0.1, 0.15) is 52.8 Å². The maximum absolute atomic E-state index is 5.83. The zero-order valence-corrected chi connectivity index (χ0v) is 13.6. The van der Waals surface area contributed by atoms with Crippen LogP contribution in [-0.4, -0.2) is 35.8 Å². The van der Waals surface area contributed by atoms with Crippen LogP contribution in [0, 0.1) is 0 Å². The Morgan fingerprint density at radius 3 is 2.81 bits per heavy atom. The van der Waals surface area contributed by atoms with E-state index in [1.165, 1.54) is 0 Å². The SMILES string of the molecule is CCCNc1cc(OCC2CCCO2)nc(C(C)(C)C)n1. The molecule has 2 heterocycles. The van der Waals surface area contributed by atoms with E-state index in [9.17, 15) is 0 Å². The Balaban J connectivity index is 2.09. The third-order valence-corrected chi connectivity index (χ3v) is 3.37. The van der Waals surface area contributed by atoms with E-state index in [0.717, 1.165) is 44.1 Å². The Morgan fingerprint density at radius 2 is 2.19 bits per heavy atom. The van der Waals surface area contributed by atoms with Gasteiger partial charge in [-0.05, 0) is 19.3 Å². The molecule has 1 saturated heterocycles. The molecule has 1 unspecified atom stereocenters. The Morgan fingerprint density at radius 1 is 1.38 bits per heavy atom. The maximum Gasteiger partial charge on any atom is 0.218 e. The number of ether oxygens (including phenoxy) is 2. The average Bonchev–Trinajstić information content (AvgIpc) is 2.95. The first-order valence-corrected chi connectivity index (χ1v) is 7.87. The molecule has 1 aromatic heterocycles. The molecule has 118 valence electrons. The molecule has 1 aromatic rings. The molecule has 5 nitrogen and oxygen atoms in total. The van der Waals surface area contributed by atoms with Crippen LogP contribution in [0.15, 0.2) is 6.07 Å². The molecule has 1 fully saturated rings. The summed E-state index contributed by atoms with van der Waals surface area (Å²) in [6, 6.07) is 1.87. The Kier molecular flexibility index (Phi) is 5.39. The van der Waals surface area contributed by atoms with Gasteiger partial charge in [-0.25, -0.2) is 4.98 Å². The monoisotopic (exact) mass is 293 g/mol. The van der Waals surface area contributed by atoms with Gasteiger partial charge in [0.2, 0.25) is 5.88 Å². The molecular weight excluding hydrogens is 266 g/mol. The molecule has 1 N–H and O–H groups in total. The van der Waals surface area contributed by atoms with Crippen molar-refractivity contribution in [1.82, 2.24) is 9.97 Å². The number of nitrogens with one attached hydrogen (secondary N) is 1. The number of rotatable bonds is 6. The van der Waals surface area contributed by atoms with E-state index in [1.807, 2.05) is 6.07 Å². The summed E-state index contributed by atoms with van der Waals surface area (Å²) in [6.45, 7) is 10.8. The van der Waals surface area contributed by atoms with Crippen molar-refractivity contribution in [2.45, 2.75) is 58.5 Å². The minimum Gasteiger partial charge on any atom is -0.475 e. The zero-order valence-electron chi connectivity index (χ0n) is 13.6. The van der Waals surface area contributed by atoms with Gasteiger partial charge in [-0.15, -0.1) is 0 Å². The van der Waals surface area contributed by atoms with Crippen LogP contribution in [0.2, 0.25) is 0 Å². The van der Waals surface area contributed by atoms with Crippen molar-refractivity contribution in [2.75, 3.05) is 25.1 Å². The van der Waals surface area contributed by atoms with Crippen LogP contribution >= 0.6 is 0 Å². The fourth-order valence-corrected chi connectivity index (χ4v) is 2.13. The van der Waals surface area contributed by atoms with E-state index in [1.54, 1.807) is 0 Å². The Bertz CT molecular complexity index is 451. The maximum atomic E-state index is 5.83. The quantitative estimate of drug-likeness (QED) is 0.873. The standard InChI is InChI=1S/C16H27N3O2/c1-5-8-17-13-10-14(19-15(18-13)16(2,3)4)21-11-12-7-6-9-20-12/h10,12H,5-9,11H2,1-4H3,(H,17,18,19). The molecule has 21 heavy (non-hydrogen) atoms. The van der Waals surface area contributed by atoms with Gasteiger partial charge >= 0.3 is 0 Å². The van der Waals surface area contributed by atoms with Gasteiger partial charge in [-0.3, -0.25) is 0 Å². The van der Waals surface area contributed by atoms with E-state index >= 15 is 0 Å². The van der Waals surface area contributed by atoms with Gasteiger partial charge in [0.25, 0.3) is 0 Å². The molecule has 0 saturated carbocycles. The first-order valence-electron chi connectivity index (χ1n) is 7.87. The van der Waals surface area contributed by atoms with Crippen molar-refractivity contribution in [1.29, 1.82) is 0 Å². The minimum atomic E-state index is -0.105. The molecule has 0 radical (unpaired) electrons. The molecule has 0 spiro atoms. The van der Waals surface area contributed by atoms with E-state index in [-0.39, 0.29) is 11.5 Å². The number of nitrogens with zero attached hydrogens (tertiary/aromatic N) is 2. The fourth-order valence-electron chi connectivity index (χ4n) is 2.13. The molecule has 2 rings (SSSR count). The summed E-state index contributed by atoms with van der Waals surface area (Å²) in [6.07, 6.45) is 3.44. The van der Waals surface area contributed by atoms with Gasteiger partial charge in [0.05, 0.1) is 6.10 Å². The van der Waals surface area contributed by atoms with E-state index in [2.05, 4.69) is 43.0 Å². The second-order valence-corrected chi connectivity index (χ2v) is 6.54. The molecule has 5 heteroatoms. The third-order valence-electron chi connectivity index (χ3n) is 3.37.